The van der Waals surface area contributed by atoms with Crippen LogP contribution in [0.5, 0.6) is 0 Å². The van der Waals surface area contributed by atoms with Crippen LogP contribution in [0.25, 0.3) is 0 Å². The number of nitrogens with one attached hydrogen (secondary N) is 3. The molecule has 3 aromatic heterocycles. The van der Waals surface area contributed by atoms with Gasteiger partial charge in [-0.15, -0.1) is 11.3 Å². The summed E-state index contributed by atoms with van der Waals surface area (Å²) in [5, 5.41) is 8.51. The molecule has 0 aliphatic heterocycles. The average Bonchev–Trinajstić information content (AvgIpc) is 3.43. The fourth-order valence-electron chi connectivity index (χ4n) is 3.23. The van der Waals surface area contributed by atoms with E-state index in [2.05, 4.69) is 36.8 Å². The molecule has 0 saturated heterocycles. The smallest absolute Gasteiger partial charge is 0.272 e. The van der Waals surface area contributed by atoms with Gasteiger partial charge in [-0.25, -0.2) is 0 Å². The molecule has 0 unspecified atom stereocenters. The lowest BCUT2D eigenvalue weighted by Gasteiger charge is -2.10. The Labute approximate surface area is 204 Å². The maximum absolute atomic E-state index is 12.8. The minimum absolute atomic E-state index is 0.194. The SMILES string of the molecule is CN(C)CCCNC(=O)c1cc(NC(=O)c2cc(NC(=O)c3ccc(Br)s3)cn2C)cn1C. The molecule has 0 bridgehead atoms. The van der Waals surface area contributed by atoms with Crippen LogP contribution in [0.3, 0.4) is 0 Å². The largest absolute Gasteiger partial charge is 0.351 e. The summed E-state index contributed by atoms with van der Waals surface area (Å²) in [6.07, 6.45) is 4.21. The number of carbonyl (C=O) groups excluding carboxylic acids is 3. The van der Waals surface area contributed by atoms with E-state index >= 15 is 0 Å². The molecule has 0 saturated carbocycles. The molecular formula is C22H27BrN6O3S. The van der Waals surface area contributed by atoms with Crippen LogP contribution >= 0.6 is 27.3 Å². The Kier molecular flexibility index (Phi) is 8.11. The molecule has 9 nitrogen and oxygen atoms in total. The molecule has 3 amide bonds. The maximum atomic E-state index is 12.8. The van der Waals surface area contributed by atoms with Crippen molar-refractivity contribution in [2.75, 3.05) is 37.8 Å². The highest BCUT2D eigenvalue weighted by Crippen LogP contribution is 2.24. The number of amides is 3. The first kappa shape index (κ1) is 24.7. The second-order valence-corrected chi connectivity index (χ2v) is 10.3. The topological polar surface area (TPSA) is 100 Å². The van der Waals surface area contributed by atoms with Crippen molar-refractivity contribution in [2.45, 2.75) is 6.42 Å². The summed E-state index contributed by atoms with van der Waals surface area (Å²) >= 11 is 4.67. The van der Waals surface area contributed by atoms with Gasteiger partial charge in [0, 0.05) is 33.0 Å². The molecule has 3 rings (SSSR count). The fourth-order valence-corrected chi connectivity index (χ4v) is 4.51. The lowest BCUT2D eigenvalue weighted by atomic mass is 10.3. The normalized spacial score (nSPS) is 11.0. The monoisotopic (exact) mass is 534 g/mol. The summed E-state index contributed by atoms with van der Waals surface area (Å²) in [6.45, 7) is 1.46. The molecule has 176 valence electrons. The summed E-state index contributed by atoms with van der Waals surface area (Å²) < 4.78 is 4.17. The maximum Gasteiger partial charge on any atom is 0.272 e. The Morgan fingerprint density at radius 1 is 0.939 bits per heavy atom. The van der Waals surface area contributed by atoms with Crippen molar-refractivity contribution in [1.29, 1.82) is 0 Å². The zero-order chi connectivity index (χ0) is 24.1. The van der Waals surface area contributed by atoms with Crippen LogP contribution in [0.1, 0.15) is 37.1 Å². The zero-order valence-corrected chi connectivity index (χ0v) is 21.3. The summed E-state index contributed by atoms with van der Waals surface area (Å²) in [5.74, 6) is -0.784. The summed E-state index contributed by atoms with van der Waals surface area (Å²) in [5.41, 5.74) is 1.85. The molecule has 33 heavy (non-hydrogen) atoms. The zero-order valence-electron chi connectivity index (χ0n) is 18.9. The van der Waals surface area contributed by atoms with E-state index in [9.17, 15) is 14.4 Å². The van der Waals surface area contributed by atoms with E-state index in [1.807, 2.05) is 20.2 Å². The van der Waals surface area contributed by atoms with Gasteiger partial charge >= 0.3 is 0 Å². The van der Waals surface area contributed by atoms with E-state index < -0.39 is 0 Å². The van der Waals surface area contributed by atoms with Gasteiger partial charge in [-0.3, -0.25) is 14.4 Å². The van der Waals surface area contributed by atoms with Crippen LogP contribution in [0.4, 0.5) is 11.4 Å². The van der Waals surface area contributed by atoms with E-state index in [1.165, 1.54) is 11.3 Å². The Morgan fingerprint density at radius 2 is 1.52 bits per heavy atom. The molecule has 3 N–H and O–H groups in total. The summed E-state index contributed by atoms with van der Waals surface area (Å²) in [7, 11) is 7.45. The Bertz CT molecular complexity index is 1160. The molecule has 0 fully saturated rings. The fraction of sp³-hybridized carbons (Fsp3) is 0.318. The number of hydrogen-bond acceptors (Lipinski definition) is 5. The van der Waals surface area contributed by atoms with Crippen LogP contribution < -0.4 is 16.0 Å². The molecule has 0 aliphatic rings. The first-order valence-corrected chi connectivity index (χ1v) is 11.9. The molecular weight excluding hydrogens is 508 g/mol. The molecule has 0 spiro atoms. The van der Waals surface area contributed by atoms with Crippen molar-refractivity contribution in [3.63, 3.8) is 0 Å². The van der Waals surface area contributed by atoms with Crippen molar-refractivity contribution in [3.05, 3.63) is 56.7 Å². The summed E-state index contributed by atoms with van der Waals surface area (Å²) in [6, 6.07) is 6.78. The third-order valence-electron chi connectivity index (χ3n) is 4.86. The van der Waals surface area contributed by atoms with Gasteiger partial charge in [0.1, 0.15) is 11.4 Å². The van der Waals surface area contributed by atoms with Crippen molar-refractivity contribution in [1.82, 2.24) is 19.4 Å². The number of anilines is 2. The lowest BCUT2D eigenvalue weighted by molar-refractivity contribution is 0.0942. The molecule has 0 radical (unpaired) electrons. The second-order valence-electron chi connectivity index (χ2n) is 7.87. The van der Waals surface area contributed by atoms with Crippen LogP contribution in [0.15, 0.2) is 40.4 Å². The van der Waals surface area contributed by atoms with Gasteiger partial charge in [-0.2, -0.15) is 0 Å². The highest BCUT2D eigenvalue weighted by atomic mass is 79.9. The molecule has 3 heterocycles. The van der Waals surface area contributed by atoms with Crippen molar-refractivity contribution in [2.24, 2.45) is 14.1 Å². The minimum atomic E-state index is -0.347. The van der Waals surface area contributed by atoms with Gasteiger partial charge in [0.15, 0.2) is 0 Å². The van der Waals surface area contributed by atoms with E-state index in [4.69, 9.17) is 0 Å². The third kappa shape index (κ3) is 6.56. The van der Waals surface area contributed by atoms with E-state index in [-0.39, 0.29) is 17.7 Å². The number of carbonyl (C=O) groups is 3. The number of aromatic nitrogens is 2. The first-order chi connectivity index (χ1) is 15.6. The first-order valence-electron chi connectivity index (χ1n) is 10.3. The van der Waals surface area contributed by atoms with Gasteiger partial charge in [0.2, 0.25) is 0 Å². The Morgan fingerprint density at radius 3 is 2.06 bits per heavy atom. The minimum Gasteiger partial charge on any atom is -0.351 e. The van der Waals surface area contributed by atoms with Crippen LogP contribution in [-0.4, -0.2) is 58.9 Å². The Hall–Kier alpha value is -2.89. The molecule has 0 aromatic carbocycles. The number of hydrogen-bond donors (Lipinski definition) is 3. The van der Waals surface area contributed by atoms with Gasteiger partial charge in [0.25, 0.3) is 17.7 Å². The van der Waals surface area contributed by atoms with Gasteiger partial charge < -0.3 is 30.0 Å². The van der Waals surface area contributed by atoms with E-state index in [0.29, 0.717) is 34.2 Å². The number of aryl methyl sites for hydroxylation is 2. The summed E-state index contributed by atoms with van der Waals surface area (Å²) in [4.78, 5) is 40.3. The van der Waals surface area contributed by atoms with Crippen LogP contribution in [-0.2, 0) is 14.1 Å². The highest BCUT2D eigenvalue weighted by Gasteiger charge is 2.17. The quantitative estimate of drug-likeness (QED) is 0.366. The van der Waals surface area contributed by atoms with E-state index in [1.54, 1.807) is 53.8 Å². The van der Waals surface area contributed by atoms with E-state index in [0.717, 1.165) is 16.8 Å². The number of rotatable bonds is 9. The molecule has 3 aromatic rings. The van der Waals surface area contributed by atoms with Gasteiger partial charge in [-0.1, -0.05) is 0 Å². The lowest BCUT2D eigenvalue weighted by Crippen LogP contribution is -2.28. The standard InChI is InChI=1S/C22H27BrN6O3S/c1-27(2)9-5-8-24-20(30)16-10-14(12-28(16)3)25-21(31)17-11-15(13-29(17)4)26-22(32)18-6-7-19(23)33-18/h6-7,10-13H,5,8-9H2,1-4H3,(H,24,30)(H,25,31)(H,26,32). The number of thiophene rings is 1. The predicted molar refractivity (Wildman–Crippen MR) is 134 cm³/mol. The van der Waals surface area contributed by atoms with Crippen LogP contribution in [0, 0.1) is 0 Å². The molecule has 11 heteroatoms. The van der Waals surface area contributed by atoms with Crippen molar-refractivity contribution in [3.8, 4) is 0 Å². The number of halogens is 1. The predicted octanol–water partition coefficient (Wildman–Crippen LogP) is 3.37. The van der Waals surface area contributed by atoms with Gasteiger partial charge in [0.05, 0.1) is 20.0 Å². The van der Waals surface area contributed by atoms with Crippen molar-refractivity contribution < 1.29 is 14.4 Å². The third-order valence-corrected chi connectivity index (χ3v) is 6.48. The van der Waals surface area contributed by atoms with Crippen LogP contribution in [0.2, 0.25) is 0 Å². The molecule has 0 atom stereocenters. The van der Waals surface area contributed by atoms with Crippen molar-refractivity contribution >= 4 is 56.4 Å². The highest BCUT2D eigenvalue weighted by molar-refractivity contribution is 9.11. The second kappa shape index (κ2) is 10.8. The molecule has 0 aliphatic carbocycles. The average molecular weight is 535 g/mol. The Balaban J connectivity index is 1.61. The number of nitrogens with zero attached hydrogens (tertiary/aromatic N) is 3. The van der Waals surface area contributed by atoms with Gasteiger partial charge in [-0.05, 0) is 67.3 Å².